The van der Waals surface area contributed by atoms with E-state index in [1.165, 1.54) is 42.6 Å². The van der Waals surface area contributed by atoms with Gasteiger partial charge in [0.1, 0.15) is 17.5 Å². The lowest BCUT2D eigenvalue weighted by Gasteiger charge is -2.21. The Morgan fingerprint density at radius 3 is 2.70 bits per heavy atom. The minimum atomic E-state index is 0.277. The third-order valence-electron chi connectivity index (χ3n) is 5.30. The summed E-state index contributed by atoms with van der Waals surface area (Å²) < 4.78 is 10.1. The van der Waals surface area contributed by atoms with E-state index in [1.807, 2.05) is 11.3 Å². The van der Waals surface area contributed by atoms with E-state index in [-0.39, 0.29) is 5.41 Å². The van der Waals surface area contributed by atoms with Crippen LogP contribution in [0.4, 0.5) is 0 Å². The van der Waals surface area contributed by atoms with Crippen LogP contribution in [0.5, 0.6) is 11.5 Å². The third kappa shape index (κ3) is 2.56. The van der Waals surface area contributed by atoms with Crippen LogP contribution in [-0.2, 0) is 13.5 Å². The van der Waals surface area contributed by atoms with Crippen LogP contribution in [0.25, 0.3) is 32.1 Å². The molecule has 0 radical (unpaired) electrons. The predicted molar refractivity (Wildman–Crippen MR) is 114 cm³/mol. The van der Waals surface area contributed by atoms with Gasteiger partial charge in [-0.3, -0.25) is 0 Å². The molecule has 0 amide bonds. The summed E-state index contributed by atoms with van der Waals surface area (Å²) in [4.78, 5) is 1.42. The summed E-state index contributed by atoms with van der Waals surface area (Å²) in [5.41, 5.74) is 4.06. The van der Waals surface area contributed by atoms with Crippen LogP contribution in [0.3, 0.4) is 0 Å². The molecule has 0 bridgehead atoms. The highest BCUT2D eigenvalue weighted by molar-refractivity contribution is 7.19. The number of rotatable bonds is 1. The zero-order chi connectivity index (χ0) is 18.9. The van der Waals surface area contributed by atoms with Crippen LogP contribution in [-0.4, -0.2) is 0 Å². The second-order valence-electron chi connectivity index (χ2n) is 8.86. The van der Waals surface area contributed by atoms with Gasteiger partial charge in [-0.25, -0.2) is 0 Å². The van der Waals surface area contributed by atoms with Crippen molar-refractivity contribution >= 4 is 32.2 Å². The lowest BCUT2D eigenvalue weighted by molar-refractivity contribution is -0.659. The first-order valence-electron chi connectivity index (χ1n) is 9.47. The van der Waals surface area contributed by atoms with Crippen LogP contribution >= 0.6 is 11.3 Å². The van der Waals surface area contributed by atoms with Gasteiger partial charge in [-0.1, -0.05) is 45.0 Å². The summed E-state index contributed by atoms with van der Waals surface area (Å²) >= 11 is 1.89. The molecule has 3 heterocycles. The van der Waals surface area contributed by atoms with Crippen LogP contribution in [0, 0.1) is 12.3 Å². The maximum Gasteiger partial charge on any atom is 0.257 e. The van der Waals surface area contributed by atoms with Gasteiger partial charge in [-0.05, 0) is 41.8 Å². The number of fused-ring (bicyclic) bond motifs is 4. The Morgan fingerprint density at radius 2 is 1.93 bits per heavy atom. The minimum absolute atomic E-state index is 0.277. The fourth-order valence-corrected chi connectivity index (χ4v) is 5.65. The Hall–Kier alpha value is -2.39. The second kappa shape index (κ2) is 5.56. The summed E-state index contributed by atoms with van der Waals surface area (Å²) in [5, 5.41) is 3.70. The number of nitrogens with zero attached hydrogens (tertiary/aromatic N) is 1. The quantitative estimate of drug-likeness (QED) is 0.303. The first-order chi connectivity index (χ1) is 12.8. The Morgan fingerprint density at radius 1 is 1.11 bits per heavy atom. The van der Waals surface area contributed by atoms with Gasteiger partial charge in [-0.15, -0.1) is 11.3 Å². The van der Waals surface area contributed by atoms with Gasteiger partial charge in [0.15, 0.2) is 6.20 Å². The van der Waals surface area contributed by atoms with Crippen molar-refractivity contribution in [1.29, 1.82) is 0 Å². The molecular formula is C24H24NOS+. The fourth-order valence-electron chi connectivity index (χ4n) is 4.21. The molecule has 0 fully saturated rings. The number of benzene rings is 2. The van der Waals surface area contributed by atoms with E-state index >= 15 is 0 Å². The van der Waals surface area contributed by atoms with E-state index in [2.05, 4.69) is 81.9 Å². The molecule has 0 spiro atoms. The minimum Gasteiger partial charge on any atom is -0.449 e. The molecule has 0 saturated heterocycles. The highest BCUT2D eigenvalue weighted by Crippen LogP contribution is 2.49. The highest BCUT2D eigenvalue weighted by Gasteiger charge is 2.32. The lowest BCUT2D eigenvalue weighted by Crippen LogP contribution is -2.32. The molecule has 2 nitrogen and oxygen atoms in total. The monoisotopic (exact) mass is 374 g/mol. The zero-order valence-corrected chi connectivity index (χ0v) is 17.3. The largest absolute Gasteiger partial charge is 0.449 e. The van der Waals surface area contributed by atoms with E-state index in [9.17, 15) is 0 Å². The first kappa shape index (κ1) is 16.8. The molecule has 2 aromatic carbocycles. The van der Waals surface area contributed by atoms with Crippen molar-refractivity contribution in [2.24, 2.45) is 12.5 Å². The van der Waals surface area contributed by atoms with E-state index in [1.54, 1.807) is 0 Å². The fraction of sp³-hybridized carbons (Fsp3) is 0.292. The summed E-state index contributed by atoms with van der Waals surface area (Å²) in [6.07, 6.45) is 3.34. The average Bonchev–Trinajstić information content (AvgIpc) is 2.97. The van der Waals surface area contributed by atoms with E-state index in [4.69, 9.17) is 4.74 Å². The molecule has 0 aliphatic carbocycles. The molecule has 5 rings (SSSR count). The SMILES string of the molecule is Cc1ccc2cccc3c2c1-c1c(c2cc(CC(C)(C)C)sc2c[n+]1C)O3. The molecule has 27 heavy (non-hydrogen) atoms. The third-order valence-corrected chi connectivity index (χ3v) is 6.37. The van der Waals surface area contributed by atoms with E-state index in [0.717, 1.165) is 17.9 Å². The van der Waals surface area contributed by atoms with Crippen molar-refractivity contribution in [2.75, 3.05) is 0 Å². The number of thiophene rings is 1. The van der Waals surface area contributed by atoms with Gasteiger partial charge in [0.05, 0.1) is 5.56 Å². The number of ether oxygens (including phenoxy) is 1. The average molecular weight is 375 g/mol. The predicted octanol–water partition coefficient (Wildman–Crippen LogP) is 6.55. The maximum atomic E-state index is 6.53. The molecular weight excluding hydrogens is 350 g/mol. The molecule has 0 unspecified atom stereocenters. The number of aromatic nitrogens is 1. The summed E-state index contributed by atoms with van der Waals surface area (Å²) in [7, 11) is 2.14. The summed E-state index contributed by atoms with van der Waals surface area (Å²) in [6, 6.07) is 13.1. The second-order valence-corrected chi connectivity index (χ2v) is 10.0. The molecule has 136 valence electrons. The topological polar surface area (TPSA) is 13.1 Å². The van der Waals surface area contributed by atoms with Gasteiger partial charge in [0, 0.05) is 15.6 Å². The lowest BCUT2D eigenvalue weighted by atomic mass is 9.91. The molecule has 0 N–H and O–H groups in total. The Balaban J connectivity index is 1.84. The highest BCUT2D eigenvalue weighted by atomic mass is 32.1. The van der Waals surface area contributed by atoms with Gasteiger partial charge in [0.2, 0.25) is 5.75 Å². The Bertz CT molecular complexity index is 1230. The molecule has 0 atom stereocenters. The number of hydrogen-bond acceptors (Lipinski definition) is 2. The first-order valence-corrected chi connectivity index (χ1v) is 10.3. The van der Waals surface area contributed by atoms with Gasteiger partial charge >= 0.3 is 0 Å². The molecule has 4 aromatic rings. The molecule has 2 aromatic heterocycles. The van der Waals surface area contributed by atoms with Crippen LogP contribution in [0.15, 0.2) is 42.6 Å². The van der Waals surface area contributed by atoms with E-state index in [0.29, 0.717) is 0 Å². The van der Waals surface area contributed by atoms with Crippen molar-refractivity contribution in [3.05, 3.63) is 53.0 Å². The van der Waals surface area contributed by atoms with Crippen molar-refractivity contribution in [3.63, 3.8) is 0 Å². The molecule has 0 saturated carbocycles. The molecule has 1 aliphatic rings. The van der Waals surface area contributed by atoms with Crippen LogP contribution in [0.1, 0.15) is 31.2 Å². The smallest absolute Gasteiger partial charge is 0.257 e. The standard InChI is InChI=1S/C24H24NOS/c1-14-9-10-15-7-6-8-18-21(15)20(14)22-23(26-18)17-11-16(12-24(2,3)4)27-19(17)13-25(22)5/h6-11,13H,12H2,1-5H3/q+1. The number of aryl methyl sites for hydroxylation is 2. The van der Waals surface area contributed by atoms with Crippen molar-refractivity contribution in [1.82, 2.24) is 0 Å². The number of hydrogen-bond donors (Lipinski definition) is 0. The Kier molecular flexibility index (Phi) is 3.45. The molecule has 1 aliphatic heterocycles. The summed E-state index contributed by atoms with van der Waals surface area (Å²) in [6.45, 7) is 9.08. The number of pyridine rings is 1. The maximum absolute atomic E-state index is 6.53. The Labute approximate surface area is 164 Å². The van der Waals surface area contributed by atoms with Gasteiger partial charge in [-0.2, -0.15) is 4.57 Å². The van der Waals surface area contributed by atoms with Crippen LogP contribution < -0.4 is 9.30 Å². The zero-order valence-electron chi connectivity index (χ0n) is 16.5. The van der Waals surface area contributed by atoms with Crippen LogP contribution in [0.2, 0.25) is 0 Å². The van der Waals surface area contributed by atoms with Gasteiger partial charge in [0.25, 0.3) is 5.69 Å². The van der Waals surface area contributed by atoms with Gasteiger partial charge < -0.3 is 4.74 Å². The van der Waals surface area contributed by atoms with Crippen molar-refractivity contribution in [2.45, 2.75) is 34.1 Å². The summed E-state index contributed by atoms with van der Waals surface area (Å²) in [5.74, 6) is 1.97. The van der Waals surface area contributed by atoms with Crippen molar-refractivity contribution < 1.29 is 9.30 Å². The molecule has 3 heteroatoms. The normalized spacial score (nSPS) is 13.1. The van der Waals surface area contributed by atoms with E-state index < -0.39 is 0 Å². The van der Waals surface area contributed by atoms with Crippen molar-refractivity contribution in [3.8, 4) is 22.8 Å².